The lowest BCUT2D eigenvalue weighted by Crippen LogP contribution is -2.30. The molecule has 1 rings (SSSR count). The topological polar surface area (TPSA) is 12.0 Å². The second-order valence-electron chi connectivity index (χ2n) is 3.55. The normalized spacial score (nSPS) is 12.8. The molecule has 0 aliphatic heterocycles. The molecule has 1 N–H and O–H groups in total. The van der Waals surface area contributed by atoms with Gasteiger partial charge in [-0.05, 0) is 31.2 Å². The first kappa shape index (κ1) is 13.5. The highest BCUT2D eigenvalue weighted by atomic mass is 32.2. The summed E-state index contributed by atoms with van der Waals surface area (Å²) in [6.45, 7) is 5.01. The molecule has 0 aliphatic rings. The minimum absolute atomic E-state index is 0.345. The Labute approximate surface area is 99.6 Å². The van der Waals surface area contributed by atoms with E-state index in [4.69, 9.17) is 0 Å². The summed E-state index contributed by atoms with van der Waals surface area (Å²) in [6.07, 6.45) is 0.984. The molecule has 1 nitrogen and oxygen atoms in total. The molecule has 0 bridgehead atoms. The zero-order chi connectivity index (χ0) is 12.0. The van der Waals surface area contributed by atoms with Crippen LogP contribution in [-0.2, 0) is 0 Å². The third kappa shape index (κ3) is 4.10. The molecule has 1 atom stereocenters. The highest BCUT2D eigenvalue weighted by molar-refractivity contribution is 7.99. The maximum absolute atomic E-state index is 13.3. The van der Waals surface area contributed by atoms with Gasteiger partial charge in [0.15, 0.2) is 0 Å². The molecule has 0 saturated carbocycles. The number of benzene rings is 1. The van der Waals surface area contributed by atoms with Crippen molar-refractivity contribution < 1.29 is 8.78 Å². The van der Waals surface area contributed by atoms with Crippen LogP contribution in [0.15, 0.2) is 23.1 Å². The van der Waals surface area contributed by atoms with E-state index in [2.05, 4.69) is 12.2 Å². The van der Waals surface area contributed by atoms with Gasteiger partial charge in [-0.15, -0.1) is 11.8 Å². The van der Waals surface area contributed by atoms with Crippen molar-refractivity contribution in [2.24, 2.45) is 0 Å². The van der Waals surface area contributed by atoms with E-state index in [1.54, 1.807) is 0 Å². The molecule has 0 aliphatic carbocycles. The van der Waals surface area contributed by atoms with Gasteiger partial charge in [0.2, 0.25) is 0 Å². The van der Waals surface area contributed by atoms with E-state index in [1.807, 2.05) is 6.92 Å². The van der Waals surface area contributed by atoms with Crippen molar-refractivity contribution in [1.29, 1.82) is 0 Å². The SMILES string of the molecule is CCNC(CC)CSc1cc(F)ccc1F. The second-order valence-corrected chi connectivity index (χ2v) is 4.61. The van der Waals surface area contributed by atoms with Crippen molar-refractivity contribution in [3.63, 3.8) is 0 Å². The Balaban J connectivity index is 2.55. The van der Waals surface area contributed by atoms with Gasteiger partial charge >= 0.3 is 0 Å². The van der Waals surface area contributed by atoms with Gasteiger partial charge in [-0.25, -0.2) is 8.78 Å². The third-order valence-corrected chi connectivity index (χ3v) is 3.51. The maximum atomic E-state index is 13.3. The summed E-state index contributed by atoms with van der Waals surface area (Å²) < 4.78 is 26.2. The molecule has 16 heavy (non-hydrogen) atoms. The molecule has 1 aromatic carbocycles. The lowest BCUT2D eigenvalue weighted by molar-refractivity contribution is 0.557. The number of rotatable bonds is 6. The standard InChI is InChI=1S/C12H17F2NS/c1-3-10(15-4-2)8-16-12-7-9(13)5-6-11(12)14/h5-7,10,15H,3-4,8H2,1-2H3. The first-order chi connectivity index (χ1) is 7.67. The minimum atomic E-state index is -0.389. The summed E-state index contributed by atoms with van der Waals surface area (Å²) in [6, 6.07) is 3.91. The Hall–Kier alpha value is -0.610. The first-order valence-corrected chi connectivity index (χ1v) is 6.47. The van der Waals surface area contributed by atoms with Crippen LogP contribution in [0, 0.1) is 11.6 Å². The molecular formula is C12H17F2NS. The van der Waals surface area contributed by atoms with Crippen molar-refractivity contribution in [2.75, 3.05) is 12.3 Å². The van der Waals surface area contributed by atoms with Crippen LogP contribution in [-0.4, -0.2) is 18.3 Å². The van der Waals surface area contributed by atoms with Gasteiger partial charge < -0.3 is 5.32 Å². The molecule has 1 unspecified atom stereocenters. The van der Waals surface area contributed by atoms with Gasteiger partial charge in [0, 0.05) is 16.7 Å². The maximum Gasteiger partial charge on any atom is 0.136 e. The molecule has 0 radical (unpaired) electrons. The van der Waals surface area contributed by atoms with Crippen molar-refractivity contribution >= 4 is 11.8 Å². The van der Waals surface area contributed by atoms with Crippen LogP contribution < -0.4 is 5.32 Å². The quantitative estimate of drug-likeness (QED) is 0.770. The molecule has 0 heterocycles. The predicted molar refractivity (Wildman–Crippen MR) is 64.8 cm³/mol. The van der Waals surface area contributed by atoms with Crippen LogP contribution in [0.2, 0.25) is 0 Å². The van der Waals surface area contributed by atoms with Gasteiger partial charge in [0.25, 0.3) is 0 Å². The van der Waals surface area contributed by atoms with Crippen LogP contribution in [0.25, 0.3) is 0 Å². The zero-order valence-corrected chi connectivity index (χ0v) is 10.4. The molecule has 0 amide bonds. The average Bonchev–Trinajstić information content (AvgIpc) is 2.28. The monoisotopic (exact) mass is 245 g/mol. The van der Waals surface area contributed by atoms with E-state index in [0.717, 1.165) is 24.8 Å². The highest BCUT2D eigenvalue weighted by Crippen LogP contribution is 2.23. The van der Waals surface area contributed by atoms with E-state index >= 15 is 0 Å². The molecule has 4 heteroatoms. The number of thioether (sulfide) groups is 1. The van der Waals surface area contributed by atoms with Gasteiger partial charge in [-0.1, -0.05) is 13.8 Å². The Morgan fingerprint density at radius 3 is 2.69 bits per heavy atom. The fourth-order valence-electron chi connectivity index (χ4n) is 1.39. The zero-order valence-electron chi connectivity index (χ0n) is 9.59. The van der Waals surface area contributed by atoms with Gasteiger partial charge in [0.05, 0.1) is 0 Å². The Morgan fingerprint density at radius 1 is 1.31 bits per heavy atom. The molecule has 0 aromatic heterocycles. The Morgan fingerprint density at radius 2 is 2.06 bits per heavy atom. The molecule has 1 aromatic rings. The van der Waals surface area contributed by atoms with Crippen molar-refractivity contribution in [1.82, 2.24) is 5.32 Å². The smallest absolute Gasteiger partial charge is 0.136 e. The lowest BCUT2D eigenvalue weighted by Gasteiger charge is -2.15. The Bertz CT molecular complexity index is 331. The summed E-state index contributed by atoms with van der Waals surface area (Å²) in [5, 5.41) is 3.30. The van der Waals surface area contributed by atoms with E-state index in [9.17, 15) is 8.78 Å². The van der Waals surface area contributed by atoms with E-state index in [1.165, 1.54) is 23.9 Å². The first-order valence-electron chi connectivity index (χ1n) is 5.48. The lowest BCUT2D eigenvalue weighted by atomic mass is 10.2. The largest absolute Gasteiger partial charge is 0.313 e. The van der Waals surface area contributed by atoms with E-state index in [-0.39, 0.29) is 11.6 Å². The van der Waals surface area contributed by atoms with Crippen LogP contribution in [0.5, 0.6) is 0 Å². The van der Waals surface area contributed by atoms with E-state index in [0.29, 0.717) is 10.9 Å². The summed E-state index contributed by atoms with van der Waals surface area (Å²) in [7, 11) is 0. The van der Waals surface area contributed by atoms with Crippen molar-refractivity contribution in [3.8, 4) is 0 Å². The number of hydrogen-bond acceptors (Lipinski definition) is 2. The molecule has 0 saturated heterocycles. The number of halogens is 2. The van der Waals surface area contributed by atoms with E-state index < -0.39 is 0 Å². The summed E-state index contributed by atoms with van der Waals surface area (Å²) >= 11 is 1.36. The average molecular weight is 245 g/mol. The van der Waals surface area contributed by atoms with Crippen LogP contribution in [0.4, 0.5) is 8.78 Å². The van der Waals surface area contributed by atoms with Gasteiger partial charge in [0.1, 0.15) is 11.6 Å². The van der Waals surface area contributed by atoms with Crippen LogP contribution in [0.3, 0.4) is 0 Å². The molecule has 90 valence electrons. The van der Waals surface area contributed by atoms with Crippen LogP contribution >= 0.6 is 11.8 Å². The highest BCUT2D eigenvalue weighted by Gasteiger charge is 2.08. The fraction of sp³-hybridized carbons (Fsp3) is 0.500. The predicted octanol–water partition coefficient (Wildman–Crippen LogP) is 3.45. The number of nitrogens with one attached hydrogen (secondary N) is 1. The van der Waals surface area contributed by atoms with Crippen molar-refractivity contribution in [2.45, 2.75) is 31.2 Å². The molecule has 0 fully saturated rings. The summed E-state index contributed by atoms with van der Waals surface area (Å²) in [5.74, 6) is 0.0169. The fourth-order valence-corrected chi connectivity index (χ4v) is 2.52. The van der Waals surface area contributed by atoms with Gasteiger partial charge in [-0.3, -0.25) is 0 Å². The van der Waals surface area contributed by atoms with Gasteiger partial charge in [-0.2, -0.15) is 0 Å². The molecular weight excluding hydrogens is 228 g/mol. The summed E-state index contributed by atoms with van der Waals surface area (Å²) in [4.78, 5) is 0.386. The molecule has 0 spiro atoms. The summed E-state index contributed by atoms with van der Waals surface area (Å²) in [5.41, 5.74) is 0. The Kier molecular flexibility index (Phi) is 5.77. The minimum Gasteiger partial charge on any atom is -0.313 e. The third-order valence-electron chi connectivity index (χ3n) is 2.32. The van der Waals surface area contributed by atoms with Crippen molar-refractivity contribution in [3.05, 3.63) is 29.8 Å². The second kappa shape index (κ2) is 6.86. The number of hydrogen-bond donors (Lipinski definition) is 1. The van der Waals surface area contributed by atoms with Crippen LogP contribution in [0.1, 0.15) is 20.3 Å².